The standard InChI is InChI=1S/C14H21N3O3S/c1-3-14(18)16-11-5-6-13(15-9-11)17(4-2)12-7-8-21(19,20)10-12/h5-6,9,12H,3-4,7-8,10H2,1-2H3,(H,16,18). The van der Waals surface area contributed by atoms with Crippen molar-refractivity contribution in [2.24, 2.45) is 0 Å². The Labute approximate surface area is 125 Å². The molecule has 1 atom stereocenters. The molecule has 1 unspecified atom stereocenters. The first kappa shape index (κ1) is 15.8. The van der Waals surface area contributed by atoms with Crippen LogP contribution in [0.2, 0.25) is 0 Å². The number of amides is 1. The molecule has 1 aliphatic rings. The molecule has 0 radical (unpaired) electrons. The van der Waals surface area contributed by atoms with Gasteiger partial charge in [-0.15, -0.1) is 0 Å². The number of hydrogen-bond donors (Lipinski definition) is 1. The molecule has 2 heterocycles. The molecular weight excluding hydrogens is 290 g/mol. The summed E-state index contributed by atoms with van der Waals surface area (Å²) in [5.41, 5.74) is 0.653. The van der Waals surface area contributed by atoms with E-state index in [2.05, 4.69) is 10.3 Å². The van der Waals surface area contributed by atoms with Crippen molar-refractivity contribution in [3.05, 3.63) is 18.3 Å². The van der Waals surface area contributed by atoms with Crippen molar-refractivity contribution in [2.75, 3.05) is 28.3 Å². The molecule has 6 nitrogen and oxygen atoms in total. The molecule has 1 amide bonds. The van der Waals surface area contributed by atoms with Crippen LogP contribution in [0.5, 0.6) is 0 Å². The SMILES string of the molecule is CCC(=O)Nc1ccc(N(CC)C2CCS(=O)(=O)C2)nc1. The van der Waals surface area contributed by atoms with Gasteiger partial charge >= 0.3 is 0 Å². The van der Waals surface area contributed by atoms with Gasteiger partial charge in [0.25, 0.3) is 0 Å². The normalized spacial score (nSPS) is 20.2. The first-order valence-electron chi connectivity index (χ1n) is 7.18. The van der Waals surface area contributed by atoms with Crippen LogP contribution >= 0.6 is 0 Å². The highest BCUT2D eigenvalue weighted by Gasteiger charge is 2.32. The number of rotatable bonds is 5. The number of carbonyl (C=O) groups excluding carboxylic acids is 1. The third kappa shape index (κ3) is 3.93. The summed E-state index contributed by atoms with van der Waals surface area (Å²) in [5, 5.41) is 2.74. The minimum atomic E-state index is -2.91. The molecule has 0 spiro atoms. The maximum absolute atomic E-state index is 11.6. The van der Waals surface area contributed by atoms with Crippen LogP contribution in [-0.2, 0) is 14.6 Å². The van der Waals surface area contributed by atoms with Gasteiger partial charge in [-0.05, 0) is 25.5 Å². The second-order valence-corrected chi connectivity index (χ2v) is 7.38. The lowest BCUT2D eigenvalue weighted by Gasteiger charge is -2.28. The Morgan fingerprint density at radius 1 is 1.43 bits per heavy atom. The highest BCUT2D eigenvalue weighted by atomic mass is 32.2. The van der Waals surface area contributed by atoms with Crippen molar-refractivity contribution >= 4 is 27.2 Å². The first-order chi connectivity index (χ1) is 9.95. The zero-order chi connectivity index (χ0) is 15.5. The zero-order valence-electron chi connectivity index (χ0n) is 12.4. The molecule has 0 bridgehead atoms. The average molecular weight is 311 g/mol. The fourth-order valence-corrected chi connectivity index (χ4v) is 4.24. The van der Waals surface area contributed by atoms with Crippen molar-refractivity contribution in [1.82, 2.24) is 4.98 Å². The smallest absolute Gasteiger partial charge is 0.224 e. The minimum Gasteiger partial charge on any atom is -0.353 e. The summed E-state index contributed by atoms with van der Waals surface area (Å²) in [7, 11) is -2.91. The Morgan fingerprint density at radius 3 is 2.67 bits per heavy atom. The van der Waals surface area contributed by atoms with E-state index in [9.17, 15) is 13.2 Å². The Kier molecular flexibility index (Phi) is 4.82. The quantitative estimate of drug-likeness (QED) is 0.890. The summed E-state index contributed by atoms with van der Waals surface area (Å²) in [5.74, 6) is 1.13. The van der Waals surface area contributed by atoms with Crippen LogP contribution in [0.4, 0.5) is 11.5 Å². The molecule has 0 aromatic carbocycles. The number of anilines is 2. The average Bonchev–Trinajstić information content (AvgIpc) is 2.81. The number of nitrogens with zero attached hydrogens (tertiary/aromatic N) is 2. The molecule has 1 aromatic heterocycles. The van der Waals surface area contributed by atoms with Gasteiger partial charge in [-0.25, -0.2) is 13.4 Å². The molecule has 1 fully saturated rings. The number of aromatic nitrogens is 1. The van der Waals surface area contributed by atoms with E-state index in [1.807, 2.05) is 17.9 Å². The van der Waals surface area contributed by atoms with Gasteiger partial charge in [-0.3, -0.25) is 4.79 Å². The van der Waals surface area contributed by atoms with E-state index in [0.29, 0.717) is 25.1 Å². The molecule has 1 saturated heterocycles. The van der Waals surface area contributed by atoms with Crippen LogP contribution in [0.3, 0.4) is 0 Å². The topological polar surface area (TPSA) is 79.4 Å². The second kappa shape index (κ2) is 6.43. The summed E-state index contributed by atoms with van der Waals surface area (Å²) >= 11 is 0. The van der Waals surface area contributed by atoms with E-state index >= 15 is 0 Å². The number of hydrogen-bond acceptors (Lipinski definition) is 5. The fourth-order valence-electron chi connectivity index (χ4n) is 2.51. The van der Waals surface area contributed by atoms with Gasteiger partial charge in [0.15, 0.2) is 9.84 Å². The predicted molar refractivity (Wildman–Crippen MR) is 83.2 cm³/mol. The maximum Gasteiger partial charge on any atom is 0.224 e. The van der Waals surface area contributed by atoms with Gasteiger partial charge < -0.3 is 10.2 Å². The van der Waals surface area contributed by atoms with Crippen molar-refractivity contribution in [3.8, 4) is 0 Å². The lowest BCUT2D eigenvalue weighted by atomic mass is 10.2. The monoisotopic (exact) mass is 311 g/mol. The Morgan fingerprint density at radius 2 is 2.19 bits per heavy atom. The molecule has 116 valence electrons. The molecule has 0 saturated carbocycles. The van der Waals surface area contributed by atoms with Crippen LogP contribution < -0.4 is 10.2 Å². The zero-order valence-corrected chi connectivity index (χ0v) is 13.2. The Hall–Kier alpha value is -1.63. The van der Waals surface area contributed by atoms with Gasteiger partial charge in [-0.1, -0.05) is 6.92 Å². The molecule has 7 heteroatoms. The van der Waals surface area contributed by atoms with E-state index in [0.717, 1.165) is 5.82 Å². The van der Waals surface area contributed by atoms with Crippen molar-refractivity contribution in [2.45, 2.75) is 32.7 Å². The Balaban J connectivity index is 2.10. The largest absolute Gasteiger partial charge is 0.353 e. The van der Waals surface area contributed by atoms with E-state index in [1.54, 1.807) is 19.2 Å². The van der Waals surface area contributed by atoms with Gasteiger partial charge in [0.1, 0.15) is 5.82 Å². The van der Waals surface area contributed by atoms with Gasteiger partial charge in [0, 0.05) is 19.0 Å². The van der Waals surface area contributed by atoms with Crippen LogP contribution in [0.15, 0.2) is 18.3 Å². The van der Waals surface area contributed by atoms with E-state index in [-0.39, 0.29) is 23.5 Å². The second-order valence-electron chi connectivity index (χ2n) is 5.15. The molecule has 1 aromatic rings. The summed E-state index contributed by atoms with van der Waals surface area (Å²) in [4.78, 5) is 17.7. The van der Waals surface area contributed by atoms with Crippen LogP contribution in [0, 0.1) is 0 Å². The lowest BCUT2D eigenvalue weighted by molar-refractivity contribution is -0.115. The van der Waals surface area contributed by atoms with Crippen LogP contribution in [-0.4, -0.2) is 43.4 Å². The van der Waals surface area contributed by atoms with Crippen molar-refractivity contribution in [1.29, 1.82) is 0 Å². The fraction of sp³-hybridized carbons (Fsp3) is 0.571. The number of pyridine rings is 1. The third-order valence-corrected chi connectivity index (χ3v) is 5.39. The molecule has 0 aliphatic carbocycles. The van der Waals surface area contributed by atoms with Crippen LogP contribution in [0.1, 0.15) is 26.7 Å². The molecular formula is C14H21N3O3S. The van der Waals surface area contributed by atoms with Crippen LogP contribution in [0.25, 0.3) is 0 Å². The summed E-state index contributed by atoms with van der Waals surface area (Å²) < 4.78 is 23.2. The van der Waals surface area contributed by atoms with Crippen molar-refractivity contribution in [3.63, 3.8) is 0 Å². The number of sulfone groups is 1. The number of nitrogens with one attached hydrogen (secondary N) is 1. The highest BCUT2D eigenvalue weighted by Crippen LogP contribution is 2.23. The van der Waals surface area contributed by atoms with Gasteiger partial charge in [0.05, 0.1) is 23.4 Å². The highest BCUT2D eigenvalue weighted by molar-refractivity contribution is 7.91. The summed E-state index contributed by atoms with van der Waals surface area (Å²) in [6, 6.07) is 3.60. The lowest BCUT2D eigenvalue weighted by Crippen LogP contribution is -2.36. The Bertz CT molecular complexity index is 598. The van der Waals surface area contributed by atoms with Gasteiger partial charge in [-0.2, -0.15) is 0 Å². The molecule has 2 rings (SSSR count). The molecule has 1 N–H and O–H groups in total. The van der Waals surface area contributed by atoms with E-state index in [4.69, 9.17) is 0 Å². The van der Waals surface area contributed by atoms with E-state index in [1.165, 1.54) is 0 Å². The summed E-state index contributed by atoms with van der Waals surface area (Å²) in [6.45, 7) is 4.48. The maximum atomic E-state index is 11.6. The van der Waals surface area contributed by atoms with Gasteiger partial charge in [0.2, 0.25) is 5.91 Å². The summed E-state index contributed by atoms with van der Waals surface area (Å²) in [6.07, 6.45) is 2.67. The first-order valence-corrected chi connectivity index (χ1v) is 9.00. The molecule has 21 heavy (non-hydrogen) atoms. The minimum absolute atomic E-state index is 0.0106. The third-order valence-electron chi connectivity index (χ3n) is 3.64. The number of carbonyl (C=O) groups is 1. The molecule has 1 aliphatic heterocycles. The van der Waals surface area contributed by atoms with Crippen molar-refractivity contribution < 1.29 is 13.2 Å². The predicted octanol–water partition coefficient (Wildman–Crippen LogP) is 1.44. The van der Waals surface area contributed by atoms with E-state index < -0.39 is 9.84 Å².